The molecule has 1 amide bonds. The Bertz CT molecular complexity index is 875. The first-order valence-electron chi connectivity index (χ1n) is 8.92. The molecule has 0 aliphatic carbocycles. The molecule has 1 unspecified atom stereocenters. The zero-order valence-electron chi connectivity index (χ0n) is 15.4. The summed E-state index contributed by atoms with van der Waals surface area (Å²) in [5.41, 5.74) is 2.53. The van der Waals surface area contributed by atoms with E-state index < -0.39 is 18.8 Å². The monoisotopic (exact) mass is 400 g/mol. The summed E-state index contributed by atoms with van der Waals surface area (Å²) in [6.07, 6.45) is -2.70. The van der Waals surface area contributed by atoms with Crippen molar-refractivity contribution in [1.29, 1.82) is 0 Å². The number of aromatic nitrogens is 1. The van der Waals surface area contributed by atoms with Crippen molar-refractivity contribution in [3.05, 3.63) is 101 Å². The highest BCUT2D eigenvalue weighted by Gasteiger charge is 2.27. The van der Waals surface area contributed by atoms with Crippen LogP contribution in [-0.2, 0) is 11.3 Å². The Morgan fingerprint density at radius 1 is 0.966 bits per heavy atom. The van der Waals surface area contributed by atoms with Crippen molar-refractivity contribution in [2.24, 2.45) is 0 Å². The number of halogens is 3. The summed E-state index contributed by atoms with van der Waals surface area (Å²) < 4.78 is 41.1. The molecule has 0 aliphatic heterocycles. The second-order valence-electron chi connectivity index (χ2n) is 6.38. The molecule has 1 aromatic heterocycles. The van der Waals surface area contributed by atoms with E-state index in [4.69, 9.17) is 0 Å². The summed E-state index contributed by atoms with van der Waals surface area (Å²) in [4.78, 5) is 17.1. The van der Waals surface area contributed by atoms with Gasteiger partial charge in [0.05, 0.1) is 18.3 Å². The molecule has 2 aromatic carbocycles. The molecule has 3 aromatic rings. The number of carbonyl (C=O) groups is 1. The van der Waals surface area contributed by atoms with E-state index in [1.807, 2.05) is 42.5 Å². The molecular formula is C22H19F3N2O2. The first-order valence-corrected chi connectivity index (χ1v) is 8.92. The minimum absolute atomic E-state index is 0.179. The lowest BCUT2D eigenvalue weighted by atomic mass is 10.0. The Kier molecular flexibility index (Phi) is 6.61. The molecule has 0 fully saturated rings. The molecule has 1 atom stereocenters. The number of alkyl halides is 3. The average molecular weight is 400 g/mol. The molecule has 1 N–H and O–H groups in total. The largest absolute Gasteiger partial charge is 0.411 e. The first-order chi connectivity index (χ1) is 13.9. The number of pyridine rings is 1. The Hall–Kier alpha value is -3.19. The van der Waals surface area contributed by atoms with Crippen molar-refractivity contribution in [1.82, 2.24) is 10.3 Å². The molecule has 3 rings (SSSR count). The summed E-state index contributed by atoms with van der Waals surface area (Å²) in [5.74, 6) is -0.313. The van der Waals surface area contributed by atoms with E-state index in [0.29, 0.717) is 16.8 Å². The molecule has 7 heteroatoms. The molecule has 0 bridgehead atoms. The van der Waals surface area contributed by atoms with Crippen molar-refractivity contribution in [3.63, 3.8) is 0 Å². The maximum atomic E-state index is 12.7. The predicted molar refractivity (Wildman–Crippen MR) is 102 cm³/mol. The highest BCUT2D eigenvalue weighted by molar-refractivity contribution is 5.94. The van der Waals surface area contributed by atoms with Gasteiger partial charge in [-0.05, 0) is 35.4 Å². The molecule has 0 radical (unpaired) electrons. The van der Waals surface area contributed by atoms with Crippen LogP contribution in [0, 0.1) is 0 Å². The third-order valence-corrected chi connectivity index (χ3v) is 4.14. The van der Waals surface area contributed by atoms with Crippen LogP contribution in [0.15, 0.2) is 79.0 Å². The van der Waals surface area contributed by atoms with Crippen LogP contribution < -0.4 is 5.32 Å². The van der Waals surface area contributed by atoms with Crippen LogP contribution in [-0.4, -0.2) is 23.7 Å². The van der Waals surface area contributed by atoms with Gasteiger partial charge in [0.1, 0.15) is 6.61 Å². The van der Waals surface area contributed by atoms with Crippen molar-refractivity contribution in [2.75, 3.05) is 6.61 Å². The third kappa shape index (κ3) is 6.15. The molecule has 0 saturated heterocycles. The van der Waals surface area contributed by atoms with Gasteiger partial charge in [0.2, 0.25) is 0 Å². The predicted octanol–water partition coefficient (Wildman–Crippen LogP) is 4.68. The average Bonchev–Trinajstić information content (AvgIpc) is 2.73. The van der Waals surface area contributed by atoms with Crippen LogP contribution in [0.5, 0.6) is 0 Å². The van der Waals surface area contributed by atoms with Crippen LogP contribution in [0.4, 0.5) is 13.2 Å². The summed E-state index contributed by atoms with van der Waals surface area (Å²) >= 11 is 0. The molecular weight excluding hydrogens is 381 g/mol. The SMILES string of the molecule is O=C(NC(c1ccccc1)c1ccccn1)c1ccc(COCC(F)(F)F)cc1. The van der Waals surface area contributed by atoms with Crippen LogP contribution in [0.25, 0.3) is 0 Å². The lowest BCUT2D eigenvalue weighted by molar-refractivity contribution is -0.176. The molecule has 0 aliphatic rings. The number of nitrogens with zero attached hydrogens (tertiary/aromatic N) is 1. The van der Waals surface area contributed by atoms with E-state index in [0.717, 1.165) is 5.56 Å². The minimum Gasteiger partial charge on any atom is -0.367 e. The fourth-order valence-corrected chi connectivity index (χ4v) is 2.77. The van der Waals surface area contributed by atoms with E-state index in [-0.39, 0.29) is 12.5 Å². The number of hydrogen-bond donors (Lipinski definition) is 1. The third-order valence-electron chi connectivity index (χ3n) is 4.14. The summed E-state index contributed by atoms with van der Waals surface area (Å²) in [5, 5.41) is 2.97. The summed E-state index contributed by atoms with van der Waals surface area (Å²) in [6.45, 7) is -1.49. The van der Waals surface area contributed by atoms with Crippen LogP contribution in [0.2, 0.25) is 0 Å². The van der Waals surface area contributed by atoms with Crippen LogP contribution in [0.3, 0.4) is 0 Å². The summed E-state index contributed by atoms with van der Waals surface area (Å²) in [6, 6.07) is 20.8. The number of hydrogen-bond acceptors (Lipinski definition) is 3. The zero-order valence-corrected chi connectivity index (χ0v) is 15.4. The van der Waals surface area contributed by atoms with E-state index >= 15 is 0 Å². The quantitative estimate of drug-likeness (QED) is 0.627. The number of benzene rings is 2. The topological polar surface area (TPSA) is 51.2 Å². The van der Waals surface area contributed by atoms with Gasteiger partial charge in [-0.1, -0.05) is 48.5 Å². The highest BCUT2D eigenvalue weighted by Crippen LogP contribution is 2.21. The van der Waals surface area contributed by atoms with Gasteiger partial charge < -0.3 is 10.1 Å². The van der Waals surface area contributed by atoms with E-state index in [9.17, 15) is 18.0 Å². The van der Waals surface area contributed by atoms with E-state index in [1.165, 1.54) is 0 Å². The van der Waals surface area contributed by atoms with Gasteiger partial charge in [-0.15, -0.1) is 0 Å². The van der Waals surface area contributed by atoms with Gasteiger partial charge in [0.25, 0.3) is 5.91 Å². The van der Waals surface area contributed by atoms with E-state index in [2.05, 4.69) is 15.0 Å². The van der Waals surface area contributed by atoms with Crippen molar-refractivity contribution < 1.29 is 22.7 Å². The van der Waals surface area contributed by atoms with Gasteiger partial charge in [-0.3, -0.25) is 9.78 Å². The Morgan fingerprint density at radius 3 is 2.28 bits per heavy atom. The molecule has 0 spiro atoms. The summed E-state index contributed by atoms with van der Waals surface area (Å²) in [7, 11) is 0. The number of amides is 1. The Balaban J connectivity index is 1.70. The number of carbonyl (C=O) groups excluding carboxylic acids is 1. The lowest BCUT2D eigenvalue weighted by Gasteiger charge is -2.19. The van der Waals surface area contributed by atoms with E-state index in [1.54, 1.807) is 36.5 Å². The van der Waals surface area contributed by atoms with Crippen LogP contribution >= 0.6 is 0 Å². The van der Waals surface area contributed by atoms with Gasteiger partial charge in [-0.2, -0.15) is 13.2 Å². The maximum absolute atomic E-state index is 12.7. The second kappa shape index (κ2) is 9.34. The molecule has 4 nitrogen and oxygen atoms in total. The van der Waals surface area contributed by atoms with Crippen molar-refractivity contribution in [3.8, 4) is 0 Å². The van der Waals surface area contributed by atoms with Gasteiger partial charge in [0.15, 0.2) is 0 Å². The van der Waals surface area contributed by atoms with Gasteiger partial charge >= 0.3 is 6.18 Å². The van der Waals surface area contributed by atoms with Crippen molar-refractivity contribution in [2.45, 2.75) is 18.8 Å². The number of rotatable bonds is 7. The van der Waals surface area contributed by atoms with Gasteiger partial charge in [-0.25, -0.2) is 0 Å². The second-order valence-corrected chi connectivity index (χ2v) is 6.38. The lowest BCUT2D eigenvalue weighted by Crippen LogP contribution is -2.29. The Morgan fingerprint density at radius 2 is 1.66 bits per heavy atom. The minimum atomic E-state index is -4.36. The highest BCUT2D eigenvalue weighted by atomic mass is 19.4. The maximum Gasteiger partial charge on any atom is 0.411 e. The fourth-order valence-electron chi connectivity index (χ4n) is 2.77. The molecule has 150 valence electrons. The number of ether oxygens (including phenoxy) is 1. The standard InChI is InChI=1S/C22H19F3N2O2/c23-22(24,25)15-29-14-16-9-11-18(12-10-16)21(28)27-20(17-6-2-1-3-7-17)19-8-4-5-13-26-19/h1-13,20H,14-15H2,(H,27,28). The van der Waals surface area contributed by atoms with Crippen LogP contribution in [0.1, 0.15) is 33.2 Å². The molecule has 0 saturated carbocycles. The molecule has 29 heavy (non-hydrogen) atoms. The van der Waals surface area contributed by atoms with Crippen molar-refractivity contribution >= 4 is 5.91 Å². The molecule has 1 heterocycles. The first kappa shape index (κ1) is 20.5. The smallest absolute Gasteiger partial charge is 0.367 e. The Labute approximate surface area is 166 Å². The number of nitrogens with one attached hydrogen (secondary N) is 1. The normalized spacial score (nSPS) is 12.4. The fraction of sp³-hybridized carbons (Fsp3) is 0.182. The zero-order chi connectivity index (χ0) is 20.7. The van der Waals surface area contributed by atoms with Gasteiger partial charge in [0, 0.05) is 11.8 Å².